The Kier molecular flexibility index (Phi) is 4.52. The summed E-state index contributed by atoms with van der Waals surface area (Å²) < 4.78 is 0. The molecule has 1 aromatic carbocycles. The molecule has 0 spiro atoms. The number of nitrogens with zero attached hydrogens (tertiary/aromatic N) is 1. The topological polar surface area (TPSA) is 110 Å². The summed E-state index contributed by atoms with van der Waals surface area (Å²) in [5, 5.41) is 22.6. The van der Waals surface area contributed by atoms with Gasteiger partial charge in [0, 0.05) is 12.1 Å². The number of para-hydroxylation sites is 1. The molecule has 7 nitrogen and oxygen atoms in total. The Morgan fingerprint density at radius 2 is 1.81 bits per heavy atom. The molecule has 1 aliphatic carbocycles. The first kappa shape index (κ1) is 15.0. The van der Waals surface area contributed by atoms with Crippen molar-refractivity contribution < 1.29 is 19.6 Å². The van der Waals surface area contributed by atoms with Gasteiger partial charge in [0.25, 0.3) is 11.6 Å². The molecule has 0 aromatic heterocycles. The molecule has 0 aliphatic heterocycles. The van der Waals surface area contributed by atoms with Gasteiger partial charge in [-0.25, -0.2) is 0 Å². The molecule has 0 heterocycles. The van der Waals surface area contributed by atoms with Gasteiger partial charge in [-0.1, -0.05) is 12.1 Å². The molecule has 1 aliphatic rings. The SMILES string of the molecule is O=C(NC1CCC(C(=O)O)CC1)c1ccccc1[N+](=O)[O-]. The largest absolute Gasteiger partial charge is 0.481 e. The summed E-state index contributed by atoms with van der Waals surface area (Å²) in [4.78, 5) is 33.3. The minimum atomic E-state index is -0.807. The van der Waals surface area contributed by atoms with Crippen LogP contribution in [-0.4, -0.2) is 27.9 Å². The fourth-order valence-electron chi connectivity index (χ4n) is 2.57. The molecule has 0 unspecified atom stereocenters. The zero-order valence-electron chi connectivity index (χ0n) is 11.3. The fraction of sp³-hybridized carbons (Fsp3) is 0.429. The standard InChI is InChI=1S/C14H16N2O5/c17-13(11-3-1-2-4-12(11)16(20)21)15-10-7-5-9(6-8-10)14(18)19/h1-4,9-10H,5-8H2,(H,15,17)(H,18,19). The Bertz CT molecular complexity index is 564. The van der Waals surface area contributed by atoms with Gasteiger partial charge in [-0.15, -0.1) is 0 Å². The molecule has 7 heteroatoms. The number of nitro benzene ring substituents is 1. The highest BCUT2D eigenvalue weighted by Crippen LogP contribution is 2.25. The molecule has 1 fully saturated rings. The van der Waals surface area contributed by atoms with E-state index in [1.807, 2.05) is 0 Å². The van der Waals surface area contributed by atoms with Gasteiger partial charge in [0.05, 0.1) is 10.8 Å². The lowest BCUT2D eigenvalue weighted by Crippen LogP contribution is -2.38. The van der Waals surface area contributed by atoms with Crippen molar-refractivity contribution in [2.75, 3.05) is 0 Å². The van der Waals surface area contributed by atoms with E-state index in [9.17, 15) is 19.7 Å². The molecule has 0 saturated heterocycles. The van der Waals surface area contributed by atoms with Crippen LogP contribution in [0.15, 0.2) is 24.3 Å². The first-order chi connectivity index (χ1) is 9.99. The molecular weight excluding hydrogens is 276 g/mol. The number of carboxylic acid groups (broad SMARTS) is 1. The summed E-state index contributed by atoms with van der Waals surface area (Å²) in [6, 6.07) is 5.65. The fourth-order valence-corrected chi connectivity index (χ4v) is 2.57. The number of hydrogen-bond acceptors (Lipinski definition) is 4. The maximum atomic E-state index is 12.1. The molecular formula is C14H16N2O5. The smallest absolute Gasteiger partial charge is 0.306 e. The van der Waals surface area contributed by atoms with Gasteiger partial charge in [-0.3, -0.25) is 19.7 Å². The number of carbonyl (C=O) groups is 2. The monoisotopic (exact) mass is 292 g/mol. The summed E-state index contributed by atoms with van der Waals surface area (Å²) in [5.41, 5.74) is -0.197. The molecule has 0 radical (unpaired) electrons. The Morgan fingerprint density at radius 3 is 2.38 bits per heavy atom. The summed E-state index contributed by atoms with van der Waals surface area (Å²) in [6.07, 6.45) is 2.17. The number of hydrogen-bond donors (Lipinski definition) is 2. The molecule has 1 saturated carbocycles. The van der Waals surface area contributed by atoms with Crippen molar-refractivity contribution in [2.24, 2.45) is 5.92 Å². The lowest BCUT2D eigenvalue weighted by Gasteiger charge is -2.26. The highest BCUT2D eigenvalue weighted by Gasteiger charge is 2.28. The highest BCUT2D eigenvalue weighted by molar-refractivity contribution is 5.98. The van der Waals surface area contributed by atoms with Crippen LogP contribution < -0.4 is 5.32 Å². The number of amides is 1. The van der Waals surface area contributed by atoms with Crippen molar-refractivity contribution in [3.05, 3.63) is 39.9 Å². The van der Waals surface area contributed by atoms with Crippen LogP contribution in [0, 0.1) is 16.0 Å². The minimum absolute atomic E-state index is 0.0304. The lowest BCUT2D eigenvalue weighted by atomic mass is 9.86. The second-order valence-corrected chi connectivity index (χ2v) is 5.13. The van der Waals surface area contributed by atoms with Crippen LogP contribution in [0.3, 0.4) is 0 Å². The van der Waals surface area contributed by atoms with E-state index >= 15 is 0 Å². The number of carbonyl (C=O) groups excluding carboxylic acids is 1. The van der Waals surface area contributed by atoms with Crippen molar-refractivity contribution in [1.29, 1.82) is 0 Å². The normalized spacial score (nSPS) is 21.5. The second-order valence-electron chi connectivity index (χ2n) is 5.13. The first-order valence-corrected chi connectivity index (χ1v) is 6.76. The number of nitro groups is 1. The van der Waals surface area contributed by atoms with Crippen LogP contribution in [0.25, 0.3) is 0 Å². The predicted octanol–water partition coefficient (Wildman–Crippen LogP) is 1.97. The van der Waals surface area contributed by atoms with Gasteiger partial charge in [0.2, 0.25) is 0 Å². The van der Waals surface area contributed by atoms with Gasteiger partial charge in [-0.2, -0.15) is 0 Å². The van der Waals surface area contributed by atoms with E-state index in [2.05, 4.69) is 5.32 Å². The average Bonchev–Trinajstić information content (AvgIpc) is 2.47. The molecule has 0 atom stereocenters. The van der Waals surface area contributed by atoms with Crippen LogP contribution in [0.2, 0.25) is 0 Å². The van der Waals surface area contributed by atoms with Crippen LogP contribution in [-0.2, 0) is 4.79 Å². The van der Waals surface area contributed by atoms with Crippen molar-refractivity contribution in [3.63, 3.8) is 0 Å². The predicted molar refractivity (Wildman–Crippen MR) is 73.9 cm³/mol. The number of aliphatic carboxylic acids is 1. The summed E-state index contributed by atoms with van der Waals surface area (Å²) in [5.74, 6) is -1.65. The average molecular weight is 292 g/mol. The van der Waals surface area contributed by atoms with Gasteiger partial charge in [0.1, 0.15) is 5.56 Å². The lowest BCUT2D eigenvalue weighted by molar-refractivity contribution is -0.385. The Morgan fingerprint density at radius 1 is 1.19 bits per heavy atom. The van der Waals surface area contributed by atoms with E-state index in [4.69, 9.17) is 5.11 Å². The van der Waals surface area contributed by atoms with Crippen molar-refractivity contribution in [3.8, 4) is 0 Å². The minimum Gasteiger partial charge on any atom is -0.481 e. The van der Waals surface area contributed by atoms with Crippen molar-refractivity contribution in [1.82, 2.24) is 5.32 Å². The molecule has 1 aromatic rings. The van der Waals surface area contributed by atoms with Crippen molar-refractivity contribution in [2.45, 2.75) is 31.7 Å². The van der Waals surface area contributed by atoms with E-state index in [0.717, 1.165) is 0 Å². The Labute approximate surface area is 121 Å². The van der Waals surface area contributed by atoms with Crippen LogP contribution >= 0.6 is 0 Å². The third-order valence-electron chi connectivity index (χ3n) is 3.76. The molecule has 0 bridgehead atoms. The van der Waals surface area contributed by atoms with E-state index in [0.29, 0.717) is 25.7 Å². The van der Waals surface area contributed by atoms with Gasteiger partial charge < -0.3 is 10.4 Å². The van der Waals surface area contributed by atoms with E-state index in [1.54, 1.807) is 6.07 Å². The van der Waals surface area contributed by atoms with Crippen LogP contribution in [0.4, 0.5) is 5.69 Å². The zero-order valence-corrected chi connectivity index (χ0v) is 11.3. The summed E-state index contributed by atoms with van der Waals surface area (Å²) in [6.45, 7) is 0. The van der Waals surface area contributed by atoms with Gasteiger partial charge >= 0.3 is 5.97 Å². The molecule has 2 N–H and O–H groups in total. The highest BCUT2D eigenvalue weighted by atomic mass is 16.6. The van der Waals surface area contributed by atoms with Crippen LogP contribution in [0.1, 0.15) is 36.0 Å². The van der Waals surface area contributed by atoms with Gasteiger partial charge in [0.15, 0.2) is 0 Å². The van der Waals surface area contributed by atoms with Gasteiger partial charge in [-0.05, 0) is 31.7 Å². The summed E-state index contributed by atoms with van der Waals surface area (Å²) in [7, 11) is 0. The third kappa shape index (κ3) is 3.56. The molecule has 112 valence electrons. The second kappa shape index (κ2) is 6.34. The van der Waals surface area contributed by atoms with E-state index < -0.39 is 16.8 Å². The maximum Gasteiger partial charge on any atom is 0.306 e. The first-order valence-electron chi connectivity index (χ1n) is 6.76. The third-order valence-corrected chi connectivity index (χ3v) is 3.76. The van der Waals surface area contributed by atoms with Crippen molar-refractivity contribution >= 4 is 17.6 Å². The number of rotatable bonds is 4. The van der Waals surface area contributed by atoms with E-state index in [-0.39, 0.29) is 23.2 Å². The summed E-state index contributed by atoms with van der Waals surface area (Å²) >= 11 is 0. The maximum absolute atomic E-state index is 12.1. The van der Waals surface area contributed by atoms with Crippen LogP contribution in [0.5, 0.6) is 0 Å². The quantitative estimate of drug-likeness (QED) is 0.651. The molecule has 2 rings (SSSR count). The van der Waals surface area contributed by atoms with E-state index in [1.165, 1.54) is 18.2 Å². The molecule has 1 amide bonds. The zero-order chi connectivity index (χ0) is 15.4. The number of carboxylic acids is 1. The Hall–Kier alpha value is -2.44. The Balaban J connectivity index is 2.00. The number of benzene rings is 1. The molecule has 21 heavy (non-hydrogen) atoms. The number of nitrogens with one attached hydrogen (secondary N) is 1.